The number of aryl methyl sites for hydroxylation is 1. The number of nitrogens with zero attached hydrogens (tertiary/aromatic N) is 2. The van der Waals surface area contributed by atoms with Crippen LogP contribution in [0.1, 0.15) is 22.9 Å². The number of benzene rings is 1. The fourth-order valence-corrected chi connectivity index (χ4v) is 1.97. The largest absolute Gasteiger partial charge is 0.324 e. The first-order valence-corrected chi connectivity index (χ1v) is 5.66. The van der Waals surface area contributed by atoms with Gasteiger partial charge in [0.25, 0.3) is 0 Å². The Bertz CT molecular complexity index is 543. The zero-order valence-corrected chi connectivity index (χ0v) is 10.3. The van der Waals surface area contributed by atoms with E-state index in [9.17, 15) is 8.78 Å². The standard InChI is InChI=1S/C13H15F2N3/c1-8-12(7-17-18(8)2)13(16)5-9-3-10(14)6-11(15)4-9/h3-4,6-7,13H,5,16H2,1-2H3. The predicted molar refractivity (Wildman–Crippen MR) is 64.9 cm³/mol. The lowest BCUT2D eigenvalue weighted by Crippen LogP contribution is -2.14. The lowest BCUT2D eigenvalue weighted by atomic mass is 10.0. The average Bonchev–Trinajstić information content (AvgIpc) is 2.58. The van der Waals surface area contributed by atoms with Gasteiger partial charge in [-0.05, 0) is 31.0 Å². The van der Waals surface area contributed by atoms with Crippen molar-refractivity contribution in [2.24, 2.45) is 12.8 Å². The second-order valence-corrected chi connectivity index (χ2v) is 4.40. The molecule has 0 spiro atoms. The molecular formula is C13H15F2N3. The second kappa shape index (κ2) is 4.86. The summed E-state index contributed by atoms with van der Waals surface area (Å²) in [6.07, 6.45) is 2.07. The van der Waals surface area contributed by atoms with Crippen molar-refractivity contribution in [3.05, 3.63) is 52.9 Å². The Kier molecular flexibility index (Phi) is 3.43. The molecule has 0 bridgehead atoms. The Labute approximate surface area is 104 Å². The van der Waals surface area contributed by atoms with Gasteiger partial charge in [0.1, 0.15) is 11.6 Å². The minimum Gasteiger partial charge on any atom is -0.324 e. The molecule has 96 valence electrons. The highest BCUT2D eigenvalue weighted by molar-refractivity contribution is 5.25. The fourth-order valence-electron chi connectivity index (χ4n) is 1.97. The fraction of sp³-hybridized carbons (Fsp3) is 0.308. The number of rotatable bonds is 3. The smallest absolute Gasteiger partial charge is 0.126 e. The summed E-state index contributed by atoms with van der Waals surface area (Å²) < 4.78 is 27.9. The molecule has 0 aliphatic heterocycles. The van der Waals surface area contributed by atoms with Crippen molar-refractivity contribution in [2.45, 2.75) is 19.4 Å². The SMILES string of the molecule is Cc1c(C(N)Cc2cc(F)cc(F)c2)cnn1C. The molecule has 18 heavy (non-hydrogen) atoms. The van der Waals surface area contributed by atoms with Gasteiger partial charge in [0, 0.05) is 30.4 Å². The summed E-state index contributed by atoms with van der Waals surface area (Å²) in [6, 6.07) is 3.13. The minimum atomic E-state index is -0.583. The highest BCUT2D eigenvalue weighted by Crippen LogP contribution is 2.20. The van der Waals surface area contributed by atoms with Crippen molar-refractivity contribution >= 4 is 0 Å². The maximum atomic E-state index is 13.1. The molecule has 0 fully saturated rings. The van der Waals surface area contributed by atoms with Gasteiger partial charge in [-0.15, -0.1) is 0 Å². The summed E-state index contributed by atoms with van der Waals surface area (Å²) in [4.78, 5) is 0. The maximum Gasteiger partial charge on any atom is 0.126 e. The summed E-state index contributed by atoms with van der Waals surface area (Å²) in [5.41, 5.74) is 8.44. The first-order chi connectivity index (χ1) is 8.47. The third kappa shape index (κ3) is 2.56. The number of halogens is 2. The van der Waals surface area contributed by atoms with Crippen LogP contribution in [-0.4, -0.2) is 9.78 Å². The topological polar surface area (TPSA) is 43.8 Å². The Morgan fingerprint density at radius 1 is 1.28 bits per heavy atom. The zero-order valence-electron chi connectivity index (χ0n) is 10.3. The summed E-state index contributed by atoms with van der Waals surface area (Å²) >= 11 is 0. The monoisotopic (exact) mass is 251 g/mol. The van der Waals surface area contributed by atoms with Gasteiger partial charge in [0.15, 0.2) is 0 Å². The van der Waals surface area contributed by atoms with Gasteiger partial charge in [0.2, 0.25) is 0 Å². The molecule has 2 aromatic rings. The van der Waals surface area contributed by atoms with Crippen molar-refractivity contribution in [1.82, 2.24) is 9.78 Å². The van der Waals surface area contributed by atoms with Crippen molar-refractivity contribution < 1.29 is 8.78 Å². The highest BCUT2D eigenvalue weighted by Gasteiger charge is 2.14. The summed E-state index contributed by atoms with van der Waals surface area (Å²) in [5, 5.41) is 4.10. The molecule has 2 rings (SSSR count). The van der Waals surface area contributed by atoms with Crippen LogP contribution < -0.4 is 5.73 Å². The molecule has 1 unspecified atom stereocenters. The predicted octanol–water partition coefficient (Wildman–Crippen LogP) is 2.25. The molecule has 0 amide bonds. The minimum absolute atomic E-state index is 0.320. The number of hydrogen-bond donors (Lipinski definition) is 1. The molecule has 1 aromatic heterocycles. The van der Waals surface area contributed by atoms with Gasteiger partial charge in [-0.25, -0.2) is 8.78 Å². The summed E-state index contributed by atoms with van der Waals surface area (Å²) in [6.45, 7) is 1.91. The highest BCUT2D eigenvalue weighted by atomic mass is 19.1. The van der Waals surface area contributed by atoms with Gasteiger partial charge in [-0.1, -0.05) is 0 Å². The molecule has 0 saturated heterocycles. The van der Waals surface area contributed by atoms with E-state index in [2.05, 4.69) is 5.10 Å². The van der Waals surface area contributed by atoms with Crippen molar-refractivity contribution in [3.63, 3.8) is 0 Å². The average molecular weight is 251 g/mol. The lowest BCUT2D eigenvalue weighted by molar-refractivity contribution is 0.576. The molecule has 3 nitrogen and oxygen atoms in total. The molecule has 5 heteroatoms. The van der Waals surface area contributed by atoms with Crippen LogP contribution in [0, 0.1) is 18.6 Å². The van der Waals surface area contributed by atoms with E-state index in [4.69, 9.17) is 5.73 Å². The molecule has 1 atom stereocenters. The van der Waals surface area contributed by atoms with E-state index in [1.54, 1.807) is 10.9 Å². The van der Waals surface area contributed by atoms with Gasteiger partial charge < -0.3 is 5.73 Å². The van der Waals surface area contributed by atoms with Gasteiger partial charge >= 0.3 is 0 Å². The van der Waals surface area contributed by atoms with Crippen LogP contribution in [-0.2, 0) is 13.5 Å². The molecule has 0 saturated carbocycles. The van der Waals surface area contributed by atoms with Crippen LogP contribution in [0.15, 0.2) is 24.4 Å². The Morgan fingerprint density at radius 2 is 1.89 bits per heavy atom. The van der Waals surface area contributed by atoms with Crippen LogP contribution in [0.3, 0.4) is 0 Å². The van der Waals surface area contributed by atoms with Crippen LogP contribution in [0.2, 0.25) is 0 Å². The quantitative estimate of drug-likeness (QED) is 0.909. The van der Waals surface area contributed by atoms with Crippen LogP contribution in [0.5, 0.6) is 0 Å². The van der Waals surface area contributed by atoms with Crippen molar-refractivity contribution in [3.8, 4) is 0 Å². The summed E-state index contributed by atoms with van der Waals surface area (Å²) in [5.74, 6) is -1.17. The van der Waals surface area contributed by atoms with Crippen LogP contribution in [0.4, 0.5) is 8.78 Å². The van der Waals surface area contributed by atoms with Gasteiger partial charge in [0.05, 0.1) is 6.20 Å². The number of hydrogen-bond acceptors (Lipinski definition) is 2. The van der Waals surface area contributed by atoms with E-state index in [0.717, 1.165) is 17.3 Å². The lowest BCUT2D eigenvalue weighted by Gasteiger charge is -2.11. The molecule has 1 aromatic carbocycles. The van der Waals surface area contributed by atoms with E-state index < -0.39 is 11.6 Å². The third-order valence-electron chi connectivity index (χ3n) is 3.05. The first-order valence-electron chi connectivity index (χ1n) is 5.66. The molecule has 0 aliphatic carbocycles. The zero-order chi connectivity index (χ0) is 13.3. The van der Waals surface area contributed by atoms with E-state index in [1.165, 1.54) is 12.1 Å². The Hall–Kier alpha value is -1.75. The molecule has 0 aliphatic rings. The molecular weight excluding hydrogens is 236 g/mol. The van der Waals surface area contributed by atoms with E-state index in [0.29, 0.717) is 12.0 Å². The molecule has 0 radical (unpaired) electrons. The third-order valence-corrected chi connectivity index (χ3v) is 3.05. The molecule has 1 heterocycles. The van der Waals surface area contributed by atoms with Gasteiger partial charge in [-0.2, -0.15) is 5.10 Å². The maximum absolute atomic E-state index is 13.1. The number of nitrogens with two attached hydrogens (primary N) is 1. The molecule has 2 N–H and O–H groups in total. The first kappa shape index (κ1) is 12.7. The van der Waals surface area contributed by atoms with Crippen LogP contribution in [0.25, 0.3) is 0 Å². The number of aromatic nitrogens is 2. The van der Waals surface area contributed by atoms with E-state index >= 15 is 0 Å². The van der Waals surface area contributed by atoms with Crippen molar-refractivity contribution in [1.29, 1.82) is 0 Å². The van der Waals surface area contributed by atoms with E-state index in [1.807, 2.05) is 14.0 Å². The Morgan fingerprint density at radius 3 is 2.39 bits per heavy atom. The van der Waals surface area contributed by atoms with E-state index in [-0.39, 0.29) is 6.04 Å². The van der Waals surface area contributed by atoms with Crippen molar-refractivity contribution in [2.75, 3.05) is 0 Å². The van der Waals surface area contributed by atoms with Gasteiger partial charge in [-0.3, -0.25) is 4.68 Å². The Balaban J connectivity index is 2.21. The van der Waals surface area contributed by atoms with Crippen LogP contribution >= 0.6 is 0 Å². The normalized spacial score (nSPS) is 12.7. The second-order valence-electron chi connectivity index (χ2n) is 4.40. The summed E-state index contributed by atoms with van der Waals surface area (Å²) in [7, 11) is 1.83.